The molecule has 1 aromatic heterocycles. The Labute approximate surface area is 133 Å². The Morgan fingerprint density at radius 2 is 1.83 bits per heavy atom. The Morgan fingerprint density at radius 3 is 2.30 bits per heavy atom. The van der Waals surface area contributed by atoms with Gasteiger partial charge in [-0.3, -0.25) is 9.59 Å². The lowest BCUT2D eigenvalue weighted by Gasteiger charge is -2.14. The SMILES string of the molecule is CC(=O)c1c[nH]c(C(=O)N[C@H](C)c2ccc(S(N)(=O)=O)cc2)c1. The second-order valence-corrected chi connectivity index (χ2v) is 6.73. The average Bonchev–Trinajstić information content (AvgIpc) is 2.96. The molecule has 0 radical (unpaired) electrons. The van der Waals surface area contributed by atoms with E-state index in [4.69, 9.17) is 5.14 Å². The molecule has 1 atom stereocenters. The number of nitrogens with two attached hydrogens (primary N) is 1. The molecule has 1 amide bonds. The van der Waals surface area contributed by atoms with Gasteiger partial charge in [-0.25, -0.2) is 13.6 Å². The van der Waals surface area contributed by atoms with Crippen molar-refractivity contribution in [1.82, 2.24) is 10.3 Å². The zero-order valence-corrected chi connectivity index (χ0v) is 13.5. The van der Waals surface area contributed by atoms with Crippen molar-refractivity contribution in [3.8, 4) is 0 Å². The number of benzene rings is 1. The third kappa shape index (κ3) is 4.05. The predicted octanol–water partition coefficient (Wildman–Crippen LogP) is 1.36. The van der Waals surface area contributed by atoms with E-state index >= 15 is 0 Å². The highest BCUT2D eigenvalue weighted by molar-refractivity contribution is 7.89. The van der Waals surface area contributed by atoms with Crippen molar-refractivity contribution in [3.63, 3.8) is 0 Å². The molecule has 0 aliphatic rings. The number of H-pyrrole nitrogens is 1. The number of rotatable bonds is 5. The molecule has 23 heavy (non-hydrogen) atoms. The first-order valence-electron chi connectivity index (χ1n) is 6.81. The first-order valence-corrected chi connectivity index (χ1v) is 8.36. The number of aromatic nitrogens is 1. The lowest BCUT2D eigenvalue weighted by Crippen LogP contribution is -2.27. The summed E-state index contributed by atoms with van der Waals surface area (Å²) in [4.78, 5) is 26.1. The van der Waals surface area contributed by atoms with Crippen LogP contribution < -0.4 is 10.5 Å². The second-order valence-electron chi connectivity index (χ2n) is 5.17. The van der Waals surface area contributed by atoms with Crippen molar-refractivity contribution >= 4 is 21.7 Å². The van der Waals surface area contributed by atoms with Gasteiger partial charge in [-0.15, -0.1) is 0 Å². The summed E-state index contributed by atoms with van der Waals surface area (Å²) in [6.07, 6.45) is 1.48. The van der Waals surface area contributed by atoms with E-state index in [0.29, 0.717) is 5.56 Å². The maximum Gasteiger partial charge on any atom is 0.268 e. The van der Waals surface area contributed by atoms with Crippen LogP contribution in [-0.2, 0) is 10.0 Å². The van der Waals surface area contributed by atoms with E-state index in [1.165, 1.54) is 31.3 Å². The van der Waals surface area contributed by atoms with Crippen LogP contribution in [0.4, 0.5) is 0 Å². The van der Waals surface area contributed by atoms with Gasteiger partial charge >= 0.3 is 0 Å². The van der Waals surface area contributed by atoms with Gasteiger partial charge in [0.25, 0.3) is 5.91 Å². The molecular weight excluding hydrogens is 318 g/mol. The van der Waals surface area contributed by atoms with Gasteiger partial charge in [0.15, 0.2) is 5.78 Å². The molecule has 0 spiro atoms. The van der Waals surface area contributed by atoms with Crippen molar-refractivity contribution < 1.29 is 18.0 Å². The number of nitrogens with one attached hydrogen (secondary N) is 2. The number of amides is 1. The van der Waals surface area contributed by atoms with Crippen molar-refractivity contribution in [2.24, 2.45) is 5.14 Å². The van der Waals surface area contributed by atoms with Crippen LogP contribution in [0.25, 0.3) is 0 Å². The maximum absolute atomic E-state index is 12.1. The normalized spacial score (nSPS) is 12.7. The van der Waals surface area contributed by atoms with Crippen molar-refractivity contribution in [2.45, 2.75) is 24.8 Å². The van der Waals surface area contributed by atoms with Crippen LogP contribution in [0.1, 0.15) is 46.3 Å². The van der Waals surface area contributed by atoms with Gasteiger partial charge in [0.05, 0.1) is 10.9 Å². The van der Waals surface area contributed by atoms with Crippen LogP contribution in [0.2, 0.25) is 0 Å². The van der Waals surface area contributed by atoms with Crippen LogP contribution in [-0.4, -0.2) is 25.1 Å². The van der Waals surface area contributed by atoms with E-state index in [9.17, 15) is 18.0 Å². The van der Waals surface area contributed by atoms with Crippen LogP contribution in [0.3, 0.4) is 0 Å². The van der Waals surface area contributed by atoms with Crippen LogP contribution in [0, 0.1) is 0 Å². The molecule has 122 valence electrons. The quantitative estimate of drug-likeness (QED) is 0.714. The Morgan fingerprint density at radius 1 is 1.22 bits per heavy atom. The minimum atomic E-state index is -3.74. The van der Waals surface area contributed by atoms with Gasteiger partial charge in [0.1, 0.15) is 5.69 Å². The number of Topliss-reactive ketones (excluding diaryl/α,β-unsaturated/α-hetero) is 1. The molecule has 8 heteroatoms. The molecule has 0 saturated carbocycles. The molecule has 0 bridgehead atoms. The second kappa shape index (κ2) is 6.35. The minimum Gasteiger partial charge on any atom is -0.356 e. The summed E-state index contributed by atoms with van der Waals surface area (Å²) >= 11 is 0. The van der Waals surface area contributed by atoms with Crippen molar-refractivity contribution in [2.75, 3.05) is 0 Å². The topological polar surface area (TPSA) is 122 Å². The third-order valence-corrected chi connectivity index (χ3v) is 4.32. The molecule has 0 aliphatic heterocycles. The van der Waals surface area contributed by atoms with E-state index in [-0.39, 0.29) is 28.3 Å². The Balaban J connectivity index is 2.10. The number of carbonyl (C=O) groups excluding carboxylic acids is 2. The van der Waals surface area contributed by atoms with E-state index in [0.717, 1.165) is 5.56 Å². The Hall–Kier alpha value is -2.45. The number of ketones is 1. The molecule has 0 aliphatic carbocycles. The molecule has 2 aromatic rings. The lowest BCUT2D eigenvalue weighted by molar-refractivity contribution is 0.0935. The smallest absolute Gasteiger partial charge is 0.268 e. The predicted molar refractivity (Wildman–Crippen MR) is 84.5 cm³/mol. The summed E-state index contributed by atoms with van der Waals surface area (Å²) in [6.45, 7) is 3.18. The highest BCUT2D eigenvalue weighted by Gasteiger charge is 2.15. The summed E-state index contributed by atoms with van der Waals surface area (Å²) in [5.41, 5.74) is 1.44. The number of aromatic amines is 1. The average molecular weight is 335 g/mol. The summed E-state index contributed by atoms with van der Waals surface area (Å²) in [5, 5.41) is 7.80. The van der Waals surface area contributed by atoms with Crippen LogP contribution in [0.5, 0.6) is 0 Å². The van der Waals surface area contributed by atoms with Crippen LogP contribution in [0.15, 0.2) is 41.4 Å². The molecular formula is C15H17N3O4S. The molecule has 0 fully saturated rings. The number of hydrogen-bond donors (Lipinski definition) is 3. The van der Waals surface area contributed by atoms with Crippen molar-refractivity contribution in [3.05, 3.63) is 53.3 Å². The van der Waals surface area contributed by atoms with Gasteiger partial charge in [0, 0.05) is 11.8 Å². The standard InChI is InChI=1S/C15H17N3O4S/c1-9(11-3-5-13(6-4-11)23(16,21)22)18-15(20)14-7-12(8-17-14)10(2)19/h3-9,17H,1-2H3,(H,18,20)(H2,16,21,22)/t9-/m1/s1. The zero-order valence-electron chi connectivity index (χ0n) is 12.7. The molecule has 7 nitrogen and oxygen atoms in total. The minimum absolute atomic E-state index is 0.00949. The number of hydrogen-bond acceptors (Lipinski definition) is 4. The Kier molecular flexibility index (Phi) is 4.67. The summed E-state index contributed by atoms with van der Waals surface area (Å²) in [6, 6.07) is 7.07. The maximum atomic E-state index is 12.1. The summed E-state index contributed by atoms with van der Waals surface area (Å²) in [5.74, 6) is -0.493. The molecule has 1 aromatic carbocycles. The molecule has 0 saturated heterocycles. The highest BCUT2D eigenvalue weighted by atomic mass is 32.2. The molecule has 0 unspecified atom stereocenters. The Bertz CT molecular complexity index is 838. The lowest BCUT2D eigenvalue weighted by atomic mass is 10.1. The molecule has 2 rings (SSSR count). The summed E-state index contributed by atoms with van der Waals surface area (Å²) in [7, 11) is -3.74. The third-order valence-electron chi connectivity index (χ3n) is 3.39. The van der Waals surface area contributed by atoms with Gasteiger partial charge in [0.2, 0.25) is 10.0 Å². The van der Waals surface area contributed by atoms with Crippen molar-refractivity contribution in [1.29, 1.82) is 0 Å². The fourth-order valence-electron chi connectivity index (χ4n) is 2.03. The van der Waals surface area contributed by atoms with E-state index < -0.39 is 10.0 Å². The van der Waals surface area contributed by atoms with Gasteiger partial charge in [-0.1, -0.05) is 12.1 Å². The number of primary sulfonamides is 1. The largest absolute Gasteiger partial charge is 0.356 e. The zero-order chi connectivity index (χ0) is 17.2. The first-order chi connectivity index (χ1) is 10.7. The van der Waals surface area contributed by atoms with Gasteiger partial charge in [-0.05, 0) is 37.6 Å². The molecule has 1 heterocycles. The highest BCUT2D eigenvalue weighted by Crippen LogP contribution is 2.16. The van der Waals surface area contributed by atoms with Gasteiger partial charge < -0.3 is 10.3 Å². The fourth-order valence-corrected chi connectivity index (χ4v) is 2.55. The first kappa shape index (κ1) is 16.9. The number of carbonyl (C=O) groups is 2. The van der Waals surface area contributed by atoms with E-state index in [1.807, 2.05) is 0 Å². The van der Waals surface area contributed by atoms with E-state index in [1.54, 1.807) is 19.1 Å². The van der Waals surface area contributed by atoms with Gasteiger partial charge in [-0.2, -0.15) is 0 Å². The molecule has 4 N–H and O–H groups in total. The van der Waals surface area contributed by atoms with E-state index in [2.05, 4.69) is 10.3 Å². The number of sulfonamides is 1. The summed E-state index contributed by atoms with van der Waals surface area (Å²) < 4.78 is 22.4. The van der Waals surface area contributed by atoms with Crippen LogP contribution >= 0.6 is 0 Å². The monoisotopic (exact) mass is 335 g/mol. The fraction of sp³-hybridized carbons (Fsp3) is 0.200.